The Kier molecular flexibility index (Phi) is 15.7. The Hall–Kier alpha value is -7.70. The second kappa shape index (κ2) is 23.2. The number of unbranched alkanes of at least 4 members (excludes halogenated alkanes) is 7. The SMILES string of the molecule is CCCCCCc1ccc(-n2c3ccccc3c3ccc(-c4ccc(N(c5ccc(C)cc5)c5ccc(-c6ccc7c(c6)C(CCCCCOC=O)(CCCCCC(=O)O)c6cc(C)ccc6-7)cc5)cc4)cc32)cc1. The van der Waals surface area contributed by atoms with Gasteiger partial charge in [0.25, 0.3) is 6.47 Å². The molecular formula is C69H70N2O4. The van der Waals surface area contributed by atoms with Crippen molar-refractivity contribution in [2.24, 2.45) is 0 Å². The number of fused-ring (bicyclic) bond motifs is 6. The molecule has 9 aromatic rings. The zero-order valence-electron chi connectivity index (χ0n) is 44.0. The van der Waals surface area contributed by atoms with Gasteiger partial charge in [0.05, 0.1) is 17.6 Å². The molecular weight excluding hydrogens is 921 g/mol. The Morgan fingerprint density at radius 1 is 0.547 bits per heavy atom. The molecule has 8 aromatic carbocycles. The van der Waals surface area contributed by atoms with Gasteiger partial charge in [-0.15, -0.1) is 0 Å². The predicted octanol–water partition coefficient (Wildman–Crippen LogP) is 18.4. The van der Waals surface area contributed by atoms with Crippen molar-refractivity contribution in [1.29, 1.82) is 0 Å². The molecule has 0 aliphatic heterocycles. The third-order valence-corrected chi connectivity index (χ3v) is 15.8. The first-order chi connectivity index (χ1) is 36.7. The minimum Gasteiger partial charge on any atom is -0.481 e. The number of carbonyl (C=O) groups excluding carboxylic acids is 1. The molecule has 6 heteroatoms. The molecule has 10 rings (SSSR count). The average molecular weight is 991 g/mol. The van der Waals surface area contributed by atoms with Crippen molar-refractivity contribution >= 4 is 51.3 Å². The van der Waals surface area contributed by atoms with E-state index in [0.717, 1.165) is 79.6 Å². The molecule has 6 nitrogen and oxygen atoms in total. The lowest BCUT2D eigenvalue weighted by atomic mass is 9.70. The van der Waals surface area contributed by atoms with Crippen molar-refractivity contribution in [2.75, 3.05) is 11.5 Å². The fourth-order valence-corrected chi connectivity index (χ4v) is 11.9. The van der Waals surface area contributed by atoms with Gasteiger partial charge in [-0.1, -0.05) is 172 Å². The number of aryl methyl sites for hydroxylation is 3. The van der Waals surface area contributed by atoms with Crippen molar-refractivity contribution in [1.82, 2.24) is 4.57 Å². The molecule has 0 saturated heterocycles. The van der Waals surface area contributed by atoms with Crippen molar-refractivity contribution in [3.63, 3.8) is 0 Å². The van der Waals surface area contributed by atoms with Gasteiger partial charge in [0.15, 0.2) is 0 Å². The van der Waals surface area contributed by atoms with E-state index in [1.54, 1.807) is 0 Å². The van der Waals surface area contributed by atoms with Crippen molar-refractivity contribution < 1.29 is 19.4 Å². The van der Waals surface area contributed by atoms with Crippen LogP contribution in [0.25, 0.3) is 60.9 Å². The summed E-state index contributed by atoms with van der Waals surface area (Å²) in [7, 11) is 0. The summed E-state index contributed by atoms with van der Waals surface area (Å²) in [5.41, 5.74) is 20.5. The maximum atomic E-state index is 11.4. The molecule has 1 atom stereocenters. The van der Waals surface area contributed by atoms with E-state index >= 15 is 0 Å². The predicted molar refractivity (Wildman–Crippen MR) is 311 cm³/mol. The van der Waals surface area contributed by atoms with Crippen LogP contribution in [0.15, 0.2) is 176 Å². The number of aliphatic carboxylic acids is 1. The summed E-state index contributed by atoms with van der Waals surface area (Å²) >= 11 is 0. The highest BCUT2D eigenvalue weighted by Crippen LogP contribution is 2.55. The van der Waals surface area contributed by atoms with E-state index in [-0.39, 0.29) is 11.8 Å². The number of hydrogen-bond donors (Lipinski definition) is 1. The molecule has 0 saturated carbocycles. The molecule has 380 valence electrons. The van der Waals surface area contributed by atoms with Crippen LogP contribution < -0.4 is 4.90 Å². The lowest BCUT2D eigenvalue weighted by molar-refractivity contribution is -0.137. The molecule has 0 bridgehead atoms. The standard InChI is InChI=1S/C69H70N2O4/c1-4-5-6-9-16-51-23-33-59(34-24-51)71-66-18-12-11-17-62(66)63-41-30-55(47-67(63)71)53-27-37-58(38-28-53)70(56-31-20-49(2)21-32-56)57-35-25-52(26-36-57)54-29-40-61-60-39-22-50(3)45-64(60)69(65(61)46-54,42-13-7-10-19-68(73)74)43-14-8-15-44-75-48-72/h11-12,17-18,20-41,45-48H,4-10,13-16,19,42-44H2,1-3H3,(H,73,74). The summed E-state index contributed by atoms with van der Waals surface area (Å²) in [5.74, 6) is -0.736. The van der Waals surface area contributed by atoms with Crippen molar-refractivity contribution in [2.45, 2.75) is 116 Å². The molecule has 1 aromatic heterocycles. The minimum atomic E-state index is -0.736. The van der Waals surface area contributed by atoms with Crippen LogP contribution >= 0.6 is 0 Å². The van der Waals surface area contributed by atoms with Crippen LogP contribution in [0.4, 0.5) is 17.1 Å². The summed E-state index contributed by atoms with van der Waals surface area (Å²) < 4.78 is 7.48. The van der Waals surface area contributed by atoms with Crippen LogP contribution in [0.3, 0.4) is 0 Å². The number of carboxylic acid groups (broad SMARTS) is 1. The third kappa shape index (κ3) is 10.9. The summed E-state index contributed by atoms with van der Waals surface area (Å²) in [6.07, 6.45) is 13.6. The highest BCUT2D eigenvalue weighted by molar-refractivity contribution is 6.10. The second-order valence-corrected chi connectivity index (χ2v) is 20.9. The van der Waals surface area contributed by atoms with E-state index in [0.29, 0.717) is 19.5 Å². The van der Waals surface area contributed by atoms with Gasteiger partial charge >= 0.3 is 5.97 Å². The van der Waals surface area contributed by atoms with Crippen LogP contribution in [0.1, 0.15) is 118 Å². The highest BCUT2D eigenvalue weighted by Gasteiger charge is 2.42. The van der Waals surface area contributed by atoms with Gasteiger partial charge in [-0.25, -0.2) is 0 Å². The number of benzene rings is 8. The summed E-state index contributed by atoms with van der Waals surface area (Å²) in [4.78, 5) is 24.7. The fraction of sp³-hybridized carbons (Fsp3) is 0.275. The first kappa shape index (κ1) is 50.8. The maximum absolute atomic E-state index is 11.4. The number of ether oxygens (including phenoxy) is 1. The lowest BCUT2D eigenvalue weighted by Gasteiger charge is -2.33. The Balaban J connectivity index is 0.956. The normalized spacial score (nSPS) is 13.7. The van der Waals surface area contributed by atoms with Crippen LogP contribution in [0, 0.1) is 13.8 Å². The van der Waals surface area contributed by atoms with E-state index < -0.39 is 5.97 Å². The van der Waals surface area contributed by atoms with E-state index in [1.165, 1.54) is 103 Å². The summed E-state index contributed by atoms with van der Waals surface area (Å²) in [6.45, 7) is 7.55. The van der Waals surface area contributed by atoms with Gasteiger partial charge in [-0.05, 0) is 169 Å². The van der Waals surface area contributed by atoms with Crippen LogP contribution in [-0.2, 0) is 26.2 Å². The number of hydrogen-bond acceptors (Lipinski definition) is 4. The number of para-hydroxylation sites is 1. The maximum Gasteiger partial charge on any atom is 0.303 e. The van der Waals surface area contributed by atoms with Gasteiger partial charge in [-0.2, -0.15) is 0 Å². The number of nitrogens with zero attached hydrogens (tertiary/aromatic N) is 2. The summed E-state index contributed by atoms with van der Waals surface area (Å²) in [6, 6.07) is 65.6. The first-order valence-electron chi connectivity index (χ1n) is 27.5. The molecule has 1 N–H and O–H groups in total. The molecule has 1 heterocycles. The minimum absolute atomic E-state index is 0.197. The van der Waals surface area contributed by atoms with E-state index in [1.807, 2.05) is 0 Å². The smallest absolute Gasteiger partial charge is 0.303 e. The number of carbonyl (C=O) groups is 2. The molecule has 1 unspecified atom stereocenters. The topological polar surface area (TPSA) is 71.8 Å². The zero-order chi connectivity index (χ0) is 51.7. The molecule has 1 aliphatic rings. The summed E-state index contributed by atoms with van der Waals surface area (Å²) in [5, 5.41) is 11.9. The second-order valence-electron chi connectivity index (χ2n) is 20.9. The Morgan fingerprint density at radius 3 is 1.77 bits per heavy atom. The first-order valence-corrected chi connectivity index (χ1v) is 27.5. The molecule has 0 fully saturated rings. The average Bonchev–Trinajstić information content (AvgIpc) is 3.90. The molecule has 0 amide bonds. The molecule has 1 aliphatic carbocycles. The zero-order valence-corrected chi connectivity index (χ0v) is 44.0. The number of anilines is 3. The molecule has 75 heavy (non-hydrogen) atoms. The van der Waals surface area contributed by atoms with Crippen LogP contribution in [-0.4, -0.2) is 28.7 Å². The number of aromatic nitrogens is 1. The Bertz CT molecular complexity index is 3410. The molecule has 0 radical (unpaired) electrons. The van der Waals surface area contributed by atoms with E-state index in [2.05, 4.69) is 206 Å². The van der Waals surface area contributed by atoms with E-state index in [9.17, 15) is 14.7 Å². The van der Waals surface area contributed by atoms with Crippen LogP contribution in [0.5, 0.6) is 0 Å². The number of carboxylic acids is 1. The monoisotopic (exact) mass is 991 g/mol. The Labute approximate surface area is 443 Å². The highest BCUT2D eigenvalue weighted by atomic mass is 16.5. The number of rotatable bonds is 24. The quantitative estimate of drug-likeness (QED) is 0.0482. The third-order valence-electron chi connectivity index (χ3n) is 15.8. The van der Waals surface area contributed by atoms with Gasteiger partial charge in [0.1, 0.15) is 0 Å². The van der Waals surface area contributed by atoms with Crippen molar-refractivity contribution in [3.8, 4) is 39.1 Å². The van der Waals surface area contributed by atoms with Gasteiger partial charge < -0.3 is 19.3 Å². The largest absolute Gasteiger partial charge is 0.481 e. The van der Waals surface area contributed by atoms with Gasteiger partial charge in [-0.3, -0.25) is 9.59 Å². The lowest BCUT2D eigenvalue weighted by Crippen LogP contribution is -2.26. The van der Waals surface area contributed by atoms with Crippen LogP contribution in [0.2, 0.25) is 0 Å². The van der Waals surface area contributed by atoms with Crippen molar-refractivity contribution in [3.05, 3.63) is 204 Å². The van der Waals surface area contributed by atoms with Gasteiger partial charge in [0, 0.05) is 45.4 Å². The van der Waals surface area contributed by atoms with Gasteiger partial charge in [0.2, 0.25) is 0 Å². The van der Waals surface area contributed by atoms with E-state index in [4.69, 9.17) is 4.74 Å². The Morgan fingerprint density at radius 2 is 1.11 bits per heavy atom. The molecule has 0 spiro atoms. The fourth-order valence-electron chi connectivity index (χ4n) is 11.9.